The summed E-state index contributed by atoms with van der Waals surface area (Å²) in [6.45, 7) is -0.0615. The lowest BCUT2D eigenvalue weighted by molar-refractivity contribution is 0.0519. The fraction of sp³-hybridized carbons (Fsp3) is 0.0909. The number of benzene rings is 3. The first kappa shape index (κ1) is 21.6. The van der Waals surface area contributed by atoms with Crippen molar-refractivity contribution in [2.24, 2.45) is 5.16 Å². The van der Waals surface area contributed by atoms with Gasteiger partial charge in [-0.2, -0.15) is 0 Å². The monoisotopic (exact) mass is 447 g/mol. The predicted molar refractivity (Wildman–Crippen MR) is 113 cm³/mol. The molecular formula is C22H16Cl2FNO4. The van der Waals surface area contributed by atoms with Gasteiger partial charge in [-0.15, -0.1) is 0 Å². The number of nitrogens with zero attached hydrogens (tertiary/aromatic N) is 1. The normalized spacial score (nSPS) is 10.8. The van der Waals surface area contributed by atoms with Gasteiger partial charge in [0.05, 0.1) is 23.9 Å². The molecule has 0 saturated heterocycles. The van der Waals surface area contributed by atoms with Gasteiger partial charge in [0.25, 0.3) is 0 Å². The predicted octanol–water partition coefficient (Wildman–Crippen LogP) is 5.91. The Morgan fingerprint density at radius 2 is 1.83 bits per heavy atom. The van der Waals surface area contributed by atoms with Gasteiger partial charge in [-0.1, -0.05) is 34.4 Å². The van der Waals surface area contributed by atoms with Crippen LogP contribution in [0.1, 0.15) is 21.5 Å². The molecule has 0 amide bonds. The van der Waals surface area contributed by atoms with E-state index >= 15 is 0 Å². The summed E-state index contributed by atoms with van der Waals surface area (Å²) in [6.07, 6.45) is 1.36. The quantitative estimate of drug-likeness (QED) is 0.256. The molecule has 0 heterocycles. The summed E-state index contributed by atoms with van der Waals surface area (Å²) in [4.78, 5) is 16.8. The summed E-state index contributed by atoms with van der Waals surface area (Å²) in [5.41, 5.74) is 1.18. The first-order valence-electron chi connectivity index (χ1n) is 8.72. The zero-order valence-electron chi connectivity index (χ0n) is 15.8. The molecule has 0 saturated carbocycles. The largest absolute Gasteiger partial charge is 0.493 e. The van der Waals surface area contributed by atoms with Gasteiger partial charge in [-0.05, 0) is 54.6 Å². The van der Waals surface area contributed by atoms with Crippen LogP contribution in [0.2, 0.25) is 10.0 Å². The number of ether oxygens (including phenoxy) is 2. The average molecular weight is 448 g/mol. The zero-order chi connectivity index (χ0) is 21.5. The number of halogens is 3. The molecule has 0 aliphatic heterocycles. The number of hydrogen-bond acceptors (Lipinski definition) is 5. The van der Waals surface area contributed by atoms with Crippen molar-refractivity contribution in [3.8, 4) is 11.5 Å². The molecule has 0 N–H and O–H groups in total. The van der Waals surface area contributed by atoms with Crippen LogP contribution in [0.4, 0.5) is 4.39 Å². The van der Waals surface area contributed by atoms with Gasteiger partial charge in [0.2, 0.25) is 0 Å². The highest BCUT2D eigenvalue weighted by Gasteiger charge is 2.11. The molecule has 5 nitrogen and oxygen atoms in total. The van der Waals surface area contributed by atoms with Crippen molar-refractivity contribution in [2.75, 3.05) is 7.11 Å². The van der Waals surface area contributed by atoms with E-state index in [1.54, 1.807) is 36.4 Å². The molecule has 0 fully saturated rings. The Morgan fingerprint density at radius 1 is 1.07 bits per heavy atom. The Hall–Kier alpha value is -3.09. The molecule has 3 rings (SSSR count). The molecule has 0 aromatic heterocycles. The van der Waals surface area contributed by atoms with Gasteiger partial charge in [-0.3, -0.25) is 0 Å². The van der Waals surface area contributed by atoms with Crippen molar-refractivity contribution in [3.63, 3.8) is 0 Å². The van der Waals surface area contributed by atoms with Gasteiger partial charge in [0.15, 0.2) is 11.5 Å². The number of hydrogen-bond donors (Lipinski definition) is 0. The maximum absolute atomic E-state index is 13.9. The second-order valence-electron chi connectivity index (χ2n) is 6.02. The molecule has 0 atom stereocenters. The maximum Gasteiger partial charge on any atom is 0.365 e. The number of methoxy groups -OCH3 is 1. The van der Waals surface area contributed by atoms with Gasteiger partial charge < -0.3 is 14.3 Å². The smallest absolute Gasteiger partial charge is 0.365 e. The lowest BCUT2D eigenvalue weighted by Gasteiger charge is -2.12. The lowest BCUT2D eigenvalue weighted by atomic mass is 10.2. The van der Waals surface area contributed by atoms with Crippen LogP contribution < -0.4 is 9.47 Å². The Balaban J connectivity index is 1.65. The Labute approximate surface area is 182 Å². The SMILES string of the molecule is COc1cc(C=NOC(=O)c2ccc(Cl)cc2)ccc1OCc1c(F)cccc1Cl. The molecule has 154 valence electrons. The van der Waals surface area contributed by atoms with Gasteiger partial charge in [0.1, 0.15) is 12.4 Å². The third kappa shape index (κ3) is 5.49. The summed E-state index contributed by atoms with van der Waals surface area (Å²) in [7, 11) is 1.47. The highest BCUT2D eigenvalue weighted by atomic mass is 35.5. The molecule has 0 aliphatic carbocycles. The van der Waals surface area contributed by atoms with Crippen LogP contribution in [0.15, 0.2) is 65.8 Å². The summed E-state index contributed by atoms with van der Waals surface area (Å²) in [5, 5.41) is 4.48. The number of rotatable bonds is 7. The van der Waals surface area contributed by atoms with E-state index in [9.17, 15) is 9.18 Å². The molecule has 3 aromatic rings. The van der Waals surface area contributed by atoms with Crippen molar-refractivity contribution in [2.45, 2.75) is 6.61 Å². The van der Waals surface area contributed by atoms with Crippen molar-refractivity contribution in [1.29, 1.82) is 0 Å². The van der Waals surface area contributed by atoms with Crippen molar-refractivity contribution in [3.05, 3.63) is 93.2 Å². The summed E-state index contributed by atoms with van der Waals surface area (Å²) in [6, 6.07) is 15.6. The third-order valence-electron chi connectivity index (χ3n) is 4.04. The Morgan fingerprint density at radius 3 is 2.53 bits per heavy atom. The van der Waals surface area contributed by atoms with E-state index < -0.39 is 11.8 Å². The van der Waals surface area contributed by atoms with Gasteiger partial charge in [0, 0.05) is 16.1 Å². The minimum atomic E-state index is -0.614. The fourth-order valence-electron chi connectivity index (χ4n) is 2.48. The summed E-state index contributed by atoms with van der Waals surface area (Å²) < 4.78 is 24.8. The van der Waals surface area contributed by atoms with Crippen LogP contribution in [0, 0.1) is 5.82 Å². The molecule has 0 radical (unpaired) electrons. The van der Waals surface area contributed by atoms with E-state index in [1.165, 1.54) is 37.6 Å². The fourth-order valence-corrected chi connectivity index (χ4v) is 2.82. The van der Waals surface area contributed by atoms with Crippen molar-refractivity contribution >= 4 is 35.4 Å². The van der Waals surface area contributed by atoms with Crippen LogP contribution in [0.5, 0.6) is 11.5 Å². The zero-order valence-corrected chi connectivity index (χ0v) is 17.3. The molecule has 8 heteroatoms. The summed E-state index contributed by atoms with van der Waals surface area (Å²) in [5.74, 6) is -0.271. The molecule has 0 bridgehead atoms. The van der Waals surface area contributed by atoms with E-state index in [1.807, 2.05) is 0 Å². The van der Waals surface area contributed by atoms with E-state index in [4.69, 9.17) is 37.5 Å². The molecule has 0 aliphatic rings. The van der Waals surface area contributed by atoms with E-state index in [0.29, 0.717) is 27.6 Å². The second-order valence-corrected chi connectivity index (χ2v) is 6.86. The topological polar surface area (TPSA) is 57.1 Å². The van der Waals surface area contributed by atoms with Gasteiger partial charge >= 0.3 is 5.97 Å². The highest BCUT2D eigenvalue weighted by Crippen LogP contribution is 2.29. The second kappa shape index (κ2) is 10.1. The summed E-state index contributed by atoms with van der Waals surface area (Å²) >= 11 is 11.8. The van der Waals surface area contributed by atoms with E-state index in [2.05, 4.69) is 5.16 Å². The first-order valence-corrected chi connectivity index (χ1v) is 9.47. The Bertz CT molecular complexity index is 1050. The molecule has 3 aromatic carbocycles. The molecule has 0 spiro atoms. The van der Waals surface area contributed by atoms with Crippen LogP contribution in [0.25, 0.3) is 0 Å². The minimum Gasteiger partial charge on any atom is -0.493 e. The molecular weight excluding hydrogens is 432 g/mol. The third-order valence-corrected chi connectivity index (χ3v) is 4.64. The van der Waals surface area contributed by atoms with Crippen LogP contribution in [0.3, 0.4) is 0 Å². The Kier molecular flexibility index (Phi) is 7.27. The van der Waals surface area contributed by atoms with E-state index in [-0.39, 0.29) is 17.2 Å². The average Bonchev–Trinajstić information content (AvgIpc) is 2.74. The van der Waals surface area contributed by atoms with E-state index in [0.717, 1.165) is 0 Å². The standard InChI is InChI=1S/C22H16Cl2FNO4/c1-28-21-11-14(12-26-30-22(27)15-6-8-16(23)9-7-15)5-10-20(21)29-13-17-18(24)3-2-4-19(17)25/h2-12H,13H2,1H3. The molecule has 30 heavy (non-hydrogen) atoms. The van der Waals surface area contributed by atoms with Gasteiger partial charge in [-0.25, -0.2) is 9.18 Å². The highest BCUT2D eigenvalue weighted by molar-refractivity contribution is 6.31. The number of carbonyl (C=O) groups excluding carboxylic acids is 1. The first-order chi connectivity index (χ1) is 14.5. The van der Waals surface area contributed by atoms with Crippen LogP contribution in [-0.2, 0) is 11.4 Å². The molecule has 0 unspecified atom stereocenters. The maximum atomic E-state index is 13.9. The van der Waals surface area contributed by atoms with Crippen molar-refractivity contribution < 1.29 is 23.5 Å². The number of oxime groups is 1. The minimum absolute atomic E-state index is 0.0615. The van der Waals surface area contributed by atoms with Crippen LogP contribution in [-0.4, -0.2) is 19.3 Å². The van der Waals surface area contributed by atoms with Crippen LogP contribution >= 0.6 is 23.2 Å². The lowest BCUT2D eigenvalue weighted by Crippen LogP contribution is -2.02. The number of carbonyl (C=O) groups is 1. The van der Waals surface area contributed by atoms with Crippen molar-refractivity contribution in [1.82, 2.24) is 0 Å².